The van der Waals surface area contributed by atoms with Gasteiger partial charge in [-0.15, -0.1) is 0 Å². The van der Waals surface area contributed by atoms with E-state index >= 15 is 0 Å². The maximum Gasteiger partial charge on any atom is 0.266 e. The lowest BCUT2D eigenvalue weighted by Gasteiger charge is -2.14. The minimum absolute atomic E-state index is 0.225. The Hall–Kier alpha value is -2.00. The van der Waals surface area contributed by atoms with Gasteiger partial charge in [0.1, 0.15) is 5.75 Å². The van der Waals surface area contributed by atoms with E-state index in [-0.39, 0.29) is 5.91 Å². The number of amides is 1. The van der Waals surface area contributed by atoms with E-state index in [9.17, 15) is 4.79 Å². The summed E-state index contributed by atoms with van der Waals surface area (Å²) in [5.74, 6) is 1.24. The zero-order valence-corrected chi connectivity index (χ0v) is 11.2. The number of hydrogen-bond acceptors (Lipinski definition) is 5. The van der Waals surface area contributed by atoms with Crippen molar-refractivity contribution < 1.29 is 9.53 Å². The molecule has 0 aliphatic carbocycles. The number of benzene rings is 1. The van der Waals surface area contributed by atoms with Gasteiger partial charge in [-0.05, 0) is 31.2 Å². The van der Waals surface area contributed by atoms with Crippen LogP contribution in [-0.2, 0) is 4.79 Å². The van der Waals surface area contributed by atoms with Gasteiger partial charge in [0.25, 0.3) is 5.91 Å². The summed E-state index contributed by atoms with van der Waals surface area (Å²) in [7, 11) is 0. The van der Waals surface area contributed by atoms with Gasteiger partial charge >= 0.3 is 0 Å². The Morgan fingerprint density at radius 3 is 2.84 bits per heavy atom. The summed E-state index contributed by atoms with van der Waals surface area (Å²) in [5.41, 5.74) is 0.557. The second-order valence-corrected chi connectivity index (χ2v) is 5.00. The quantitative estimate of drug-likeness (QED) is 0.908. The predicted molar refractivity (Wildman–Crippen MR) is 74.1 cm³/mol. The molecule has 0 spiro atoms. The zero-order chi connectivity index (χ0) is 13.7. The van der Waals surface area contributed by atoms with Crippen molar-refractivity contribution in [2.24, 2.45) is 4.99 Å². The molecule has 6 heteroatoms. The second-order valence-electron chi connectivity index (χ2n) is 3.92. The molecule has 0 saturated carbocycles. The number of ether oxygens (including phenoxy) is 1. The van der Waals surface area contributed by atoms with Gasteiger partial charge in [-0.3, -0.25) is 9.79 Å². The summed E-state index contributed by atoms with van der Waals surface area (Å²) in [6.45, 7) is 2.42. The highest BCUT2D eigenvalue weighted by atomic mass is 32.2. The Bertz CT molecular complexity index is 534. The standard InChI is InChI=1S/C13H13N3O2S/c1-9(12(17)16-13-15-6-7-19-13)18-11-4-2-10(8-14)3-5-11/h2-5,9H,6-7H2,1H3,(H,15,16,17)/t9-/m1/s1. The SMILES string of the molecule is C[C@@H](Oc1ccc(C#N)cc1)C(=O)NC1=NCCS1. The van der Waals surface area contributed by atoms with Crippen LogP contribution in [0.4, 0.5) is 0 Å². The second kappa shape index (κ2) is 6.25. The van der Waals surface area contributed by atoms with Crippen LogP contribution in [0.15, 0.2) is 29.3 Å². The van der Waals surface area contributed by atoms with E-state index in [1.165, 1.54) is 11.8 Å². The van der Waals surface area contributed by atoms with Crippen LogP contribution in [-0.4, -0.2) is 29.5 Å². The number of hydrogen-bond donors (Lipinski definition) is 1. The fourth-order valence-electron chi connectivity index (χ4n) is 1.48. The van der Waals surface area contributed by atoms with Crippen molar-refractivity contribution in [3.8, 4) is 11.8 Å². The van der Waals surface area contributed by atoms with Crippen LogP contribution in [0.2, 0.25) is 0 Å². The number of amidine groups is 1. The fraction of sp³-hybridized carbons (Fsp3) is 0.308. The van der Waals surface area contributed by atoms with Crippen molar-refractivity contribution in [1.29, 1.82) is 5.26 Å². The molecule has 1 aliphatic rings. The zero-order valence-electron chi connectivity index (χ0n) is 10.4. The number of nitrogens with one attached hydrogen (secondary N) is 1. The summed E-state index contributed by atoms with van der Waals surface area (Å²) < 4.78 is 5.50. The average Bonchev–Trinajstić information content (AvgIpc) is 2.92. The molecule has 1 aromatic rings. The molecule has 0 radical (unpaired) electrons. The lowest BCUT2D eigenvalue weighted by atomic mass is 10.2. The fourth-order valence-corrected chi connectivity index (χ4v) is 2.21. The van der Waals surface area contributed by atoms with Gasteiger partial charge in [0.05, 0.1) is 18.2 Å². The molecule has 98 valence electrons. The van der Waals surface area contributed by atoms with Crippen molar-refractivity contribution in [1.82, 2.24) is 5.32 Å². The molecule has 0 aromatic heterocycles. The Morgan fingerprint density at radius 2 is 2.26 bits per heavy atom. The first-order valence-corrected chi connectivity index (χ1v) is 6.82. The number of aliphatic imine (C=N–C) groups is 1. The maximum atomic E-state index is 11.8. The molecular formula is C13H13N3O2S. The van der Waals surface area contributed by atoms with Gasteiger partial charge in [0.2, 0.25) is 0 Å². The van der Waals surface area contributed by atoms with Gasteiger partial charge in [0.15, 0.2) is 11.3 Å². The molecule has 1 aliphatic heterocycles. The highest BCUT2D eigenvalue weighted by Gasteiger charge is 2.18. The Balaban J connectivity index is 1.90. The number of rotatable bonds is 3. The third-order valence-corrected chi connectivity index (χ3v) is 3.37. The van der Waals surface area contributed by atoms with Crippen LogP contribution in [0.5, 0.6) is 5.75 Å². The van der Waals surface area contributed by atoms with Crippen molar-refractivity contribution in [3.63, 3.8) is 0 Å². The van der Waals surface area contributed by atoms with Crippen LogP contribution in [0.3, 0.4) is 0 Å². The molecule has 5 nitrogen and oxygen atoms in total. The molecule has 0 saturated heterocycles. The largest absolute Gasteiger partial charge is 0.481 e. The maximum absolute atomic E-state index is 11.8. The van der Waals surface area contributed by atoms with Gasteiger partial charge in [0, 0.05) is 5.75 Å². The third kappa shape index (κ3) is 3.73. The van der Waals surface area contributed by atoms with Crippen LogP contribution >= 0.6 is 11.8 Å². The Kier molecular flexibility index (Phi) is 4.42. The van der Waals surface area contributed by atoms with E-state index in [0.29, 0.717) is 16.5 Å². The molecule has 0 fully saturated rings. The number of nitriles is 1. The van der Waals surface area contributed by atoms with E-state index in [2.05, 4.69) is 10.3 Å². The van der Waals surface area contributed by atoms with E-state index < -0.39 is 6.10 Å². The molecule has 1 aromatic carbocycles. The highest BCUT2D eigenvalue weighted by molar-refractivity contribution is 8.14. The van der Waals surface area contributed by atoms with E-state index in [1.54, 1.807) is 31.2 Å². The number of thioether (sulfide) groups is 1. The van der Waals surface area contributed by atoms with Gasteiger partial charge in [-0.2, -0.15) is 5.26 Å². The first-order chi connectivity index (χ1) is 9.19. The first-order valence-electron chi connectivity index (χ1n) is 5.84. The molecule has 0 unspecified atom stereocenters. The van der Waals surface area contributed by atoms with Gasteiger partial charge < -0.3 is 10.1 Å². The van der Waals surface area contributed by atoms with Crippen molar-refractivity contribution in [2.45, 2.75) is 13.0 Å². The minimum atomic E-state index is -0.614. The van der Waals surface area contributed by atoms with Crippen LogP contribution < -0.4 is 10.1 Å². The van der Waals surface area contributed by atoms with Crippen molar-refractivity contribution >= 4 is 22.8 Å². The van der Waals surface area contributed by atoms with Gasteiger partial charge in [-0.1, -0.05) is 11.8 Å². The summed E-state index contributed by atoms with van der Waals surface area (Å²) in [6.07, 6.45) is -0.614. The summed E-state index contributed by atoms with van der Waals surface area (Å²) in [6, 6.07) is 8.67. The summed E-state index contributed by atoms with van der Waals surface area (Å²) in [4.78, 5) is 16.0. The highest BCUT2D eigenvalue weighted by Crippen LogP contribution is 2.14. The predicted octanol–water partition coefficient (Wildman–Crippen LogP) is 1.54. The lowest BCUT2D eigenvalue weighted by molar-refractivity contribution is -0.125. The number of carbonyl (C=O) groups is 1. The molecule has 0 bridgehead atoms. The van der Waals surface area contributed by atoms with Crippen LogP contribution in [0.25, 0.3) is 0 Å². The normalized spacial score (nSPS) is 15.3. The topological polar surface area (TPSA) is 74.5 Å². The first kappa shape index (κ1) is 13.4. The lowest BCUT2D eigenvalue weighted by Crippen LogP contribution is -2.38. The van der Waals surface area contributed by atoms with Crippen molar-refractivity contribution in [2.75, 3.05) is 12.3 Å². The molecule has 1 heterocycles. The smallest absolute Gasteiger partial charge is 0.266 e. The molecule has 2 rings (SSSR count). The molecular weight excluding hydrogens is 262 g/mol. The Labute approximate surface area is 115 Å². The van der Waals surface area contributed by atoms with Crippen LogP contribution in [0.1, 0.15) is 12.5 Å². The summed E-state index contributed by atoms with van der Waals surface area (Å²) >= 11 is 1.53. The van der Waals surface area contributed by atoms with Crippen molar-refractivity contribution in [3.05, 3.63) is 29.8 Å². The molecule has 19 heavy (non-hydrogen) atoms. The molecule has 1 N–H and O–H groups in total. The molecule has 1 atom stereocenters. The van der Waals surface area contributed by atoms with E-state index in [1.807, 2.05) is 6.07 Å². The Morgan fingerprint density at radius 1 is 1.53 bits per heavy atom. The van der Waals surface area contributed by atoms with E-state index in [4.69, 9.17) is 10.00 Å². The molecule has 1 amide bonds. The number of carbonyl (C=O) groups excluding carboxylic acids is 1. The summed E-state index contributed by atoms with van der Waals surface area (Å²) in [5, 5.41) is 12.1. The third-order valence-electron chi connectivity index (χ3n) is 2.48. The van der Waals surface area contributed by atoms with Crippen LogP contribution in [0, 0.1) is 11.3 Å². The monoisotopic (exact) mass is 275 g/mol. The minimum Gasteiger partial charge on any atom is -0.481 e. The van der Waals surface area contributed by atoms with E-state index in [0.717, 1.165) is 12.3 Å². The number of nitrogens with zero attached hydrogens (tertiary/aromatic N) is 2. The van der Waals surface area contributed by atoms with Gasteiger partial charge in [-0.25, -0.2) is 0 Å². The average molecular weight is 275 g/mol.